The van der Waals surface area contributed by atoms with Crippen LogP contribution in [0.25, 0.3) is 6.08 Å². The molecular weight excluding hydrogens is 515 g/mol. The van der Waals surface area contributed by atoms with Crippen molar-refractivity contribution in [3.05, 3.63) is 67.2 Å². The van der Waals surface area contributed by atoms with E-state index in [4.69, 9.17) is 4.74 Å². The first-order chi connectivity index (χ1) is 13.3. The van der Waals surface area contributed by atoms with Crippen molar-refractivity contribution >= 4 is 66.7 Å². The Labute approximate surface area is 181 Å². The summed E-state index contributed by atoms with van der Waals surface area (Å²) in [6.07, 6.45) is 1.64. The molecule has 1 aliphatic rings. The molecule has 9 heteroatoms. The molecule has 1 aliphatic heterocycles. The van der Waals surface area contributed by atoms with Crippen LogP contribution < -0.4 is 10.1 Å². The molecular formula is C19H13Br2FN2O3S. The fourth-order valence-corrected chi connectivity index (χ4v) is 4.60. The maximum absolute atomic E-state index is 13.4. The number of rotatable bonds is 4. The number of hydrogen-bond acceptors (Lipinski definition) is 4. The van der Waals surface area contributed by atoms with Gasteiger partial charge >= 0.3 is 0 Å². The first-order valence-corrected chi connectivity index (χ1v) is 10.4. The van der Waals surface area contributed by atoms with Crippen LogP contribution in [0, 0.1) is 5.82 Å². The third kappa shape index (κ3) is 5.30. The first-order valence-electron chi connectivity index (χ1n) is 7.98. The lowest BCUT2D eigenvalue weighted by molar-refractivity contribution is -0.117. The zero-order valence-electron chi connectivity index (χ0n) is 14.5. The van der Waals surface area contributed by atoms with E-state index >= 15 is 0 Å². The average Bonchev–Trinajstić information content (AvgIpc) is 2.92. The molecule has 5 nitrogen and oxygen atoms in total. The largest absolute Gasteiger partial charge is 0.487 e. The van der Waals surface area contributed by atoms with Crippen LogP contribution in [0.4, 0.5) is 4.39 Å². The number of benzene rings is 2. The molecule has 3 rings (SSSR count). The summed E-state index contributed by atoms with van der Waals surface area (Å²) in [5.74, 6) is -0.583. The van der Waals surface area contributed by atoms with Crippen molar-refractivity contribution in [2.24, 2.45) is 4.99 Å². The van der Waals surface area contributed by atoms with E-state index in [-0.39, 0.29) is 23.5 Å². The van der Waals surface area contributed by atoms with Gasteiger partial charge in [-0.3, -0.25) is 9.59 Å². The number of amides is 2. The second-order valence-electron chi connectivity index (χ2n) is 5.74. The quantitative estimate of drug-likeness (QED) is 0.566. The van der Waals surface area contributed by atoms with Gasteiger partial charge in [-0.05, 0) is 63.6 Å². The highest BCUT2D eigenvalue weighted by molar-refractivity contribution is 9.11. The fraction of sp³-hybridized carbons (Fsp3) is 0.105. The summed E-state index contributed by atoms with van der Waals surface area (Å²) in [7, 11) is 0. The van der Waals surface area contributed by atoms with Crippen LogP contribution in [-0.4, -0.2) is 17.0 Å². The molecule has 1 heterocycles. The summed E-state index contributed by atoms with van der Waals surface area (Å²) < 4.78 is 20.7. The van der Waals surface area contributed by atoms with Crippen LogP contribution in [0.15, 0.2) is 55.2 Å². The van der Waals surface area contributed by atoms with E-state index in [1.807, 2.05) is 6.07 Å². The van der Waals surface area contributed by atoms with Crippen LogP contribution in [-0.2, 0) is 16.2 Å². The topological polar surface area (TPSA) is 67.8 Å². The summed E-state index contributed by atoms with van der Waals surface area (Å²) in [5, 5.41) is 2.74. The summed E-state index contributed by atoms with van der Waals surface area (Å²) in [6, 6.07) is 9.74. The summed E-state index contributed by atoms with van der Waals surface area (Å²) in [6.45, 7) is 1.50. The lowest BCUT2D eigenvalue weighted by atomic mass is 10.1. The number of amidine groups is 1. The Morgan fingerprint density at radius 3 is 2.82 bits per heavy atom. The standard InChI is InChI=1S/C19H13Br2FN2O3S/c1-10(25)23-19-24-18(26)16(28-19)7-12-6-13(20)8-15(21)17(12)27-9-11-3-2-4-14(22)5-11/h2-8H,9H2,1H3,(H,23,24,25,26). The van der Waals surface area contributed by atoms with E-state index in [1.165, 1.54) is 19.1 Å². The maximum atomic E-state index is 13.4. The molecule has 0 aromatic heterocycles. The lowest BCUT2D eigenvalue weighted by Crippen LogP contribution is -2.23. The maximum Gasteiger partial charge on any atom is 0.286 e. The van der Waals surface area contributed by atoms with Gasteiger partial charge in [-0.1, -0.05) is 28.1 Å². The zero-order chi connectivity index (χ0) is 20.3. The van der Waals surface area contributed by atoms with Crippen molar-refractivity contribution in [1.82, 2.24) is 5.32 Å². The first kappa shape index (κ1) is 20.8. The minimum absolute atomic E-state index is 0.156. The molecule has 0 radical (unpaired) electrons. The number of nitrogens with zero attached hydrogens (tertiary/aromatic N) is 1. The van der Waals surface area contributed by atoms with Gasteiger partial charge in [-0.15, -0.1) is 0 Å². The molecule has 0 saturated carbocycles. The van der Waals surface area contributed by atoms with Gasteiger partial charge in [0.25, 0.3) is 5.91 Å². The Morgan fingerprint density at radius 1 is 1.32 bits per heavy atom. The van der Waals surface area contributed by atoms with Gasteiger partial charge in [-0.25, -0.2) is 4.39 Å². The van der Waals surface area contributed by atoms with Crippen LogP contribution in [0.5, 0.6) is 5.75 Å². The number of aliphatic imine (C=N–C) groups is 1. The number of halogens is 3. The molecule has 0 saturated heterocycles. The number of nitrogens with one attached hydrogen (secondary N) is 1. The Kier molecular flexibility index (Phi) is 6.69. The van der Waals surface area contributed by atoms with Crippen molar-refractivity contribution in [2.45, 2.75) is 13.5 Å². The SMILES string of the molecule is CC(=O)NC1=NC(=O)C(=Cc2cc(Br)cc(Br)c2OCc2cccc(F)c2)S1. The van der Waals surface area contributed by atoms with E-state index < -0.39 is 5.91 Å². The molecule has 144 valence electrons. The molecule has 2 aromatic rings. The van der Waals surface area contributed by atoms with Crippen molar-refractivity contribution < 1.29 is 18.7 Å². The number of hydrogen-bond donors (Lipinski definition) is 1. The van der Waals surface area contributed by atoms with E-state index in [2.05, 4.69) is 42.2 Å². The average molecular weight is 528 g/mol. The monoisotopic (exact) mass is 526 g/mol. The van der Waals surface area contributed by atoms with Crippen molar-refractivity contribution in [1.29, 1.82) is 0 Å². The Balaban J connectivity index is 1.87. The second kappa shape index (κ2) is 9.02. The minimum Gasteiger partial charge on any atom is -0.487 e. The van der Waals surface area contributed by atoms with Crippen LogP contribution in [0.3, 0.4) is 0 Å². The second-order valence-corrected chi connectivity index (χ2v) is 8.54. The summed E-state index contributed by atoms with van der Waals surface area (Å²) in [4.78, 5) is 27.5. The third-order valence-electron chi connectivity index (χ3n) is 3.50. The number of carbonyl (C=O) groups excluding carboxylic acids is 2. The van der Waals surface area contributed by atoms with Crippen LogP contribution in [0.1, 0.15) is 18.1 Å². The highest BCUT2D eigenvalue weighted by atomic mass is 79.9. The molecule has 0 bridgehead atoms. The Hall–Kier alpha value is -1.97. The molecule has 0 spiro atoms. The van der Waals surface area contributed by atoms with Gasteiger partial charge in [0.1, 0.15) is 18.2 Å². The highest BCUT2D eigenvalue weighted by Crippen LogP contribution is 2.37. The molecule has 2 amide bonds. The van der Waals surface area contributed by atoms with E-state index in [1.54, 1.807) is 24.3 Å². The number of ether oxygens (including phenoxy) is 1. The predicted octanol–water partition coefficient (Wildman–Crippen LogP) is 5.04. The lowest BCUT2D eigenvalue weighted by Gasteiger charge is -2.13. The van der Waals surface area contributed by atoms with Crippen molar-refractivity contribution in [2.75, 3.05) is 0 Å². The smallest absolute Gasteiger partial charge is 0.286 e. The van der Waals surface area contributed by atoms with Crippen LogP contribution in [0.2, 0.25) is 0 Å². The molecule has 0 atom stereocenters. The minimum atomic E-state index is -0.444. The molecule has 0 aliphatic carbocycles. The molecule has 1 N–H and O–H groups in total. The fourth-order valence-electron chi connectivity index (χ4n) is 2.38. The highest BCUT2D eigenvalue weighted by Gasteiger charge is 2.23. The third-order valence-corrected chi connectivity index (χ3v) is 5.45. The van der Waals surface area contributed by atoms with Gasteiger partial charge < -0.3 is 10.1 Å². The van der Waals surface area contributed by atoms with Gasteiger partial charge in [0.2, 0.25) is 5.91 Å². The number of thioether (sulfide) groups is 1. The normalized spacial score (nSPS) is 14.9. The van der Waals surface area contributed by atoms with Gasteiger partial charge in [0, 0.05) is 17.0 Å². The Bertz CT molecular complexity index is 1020. The number of carbonyl (C=O) groups is 2. The summed E-state index contributed by atoms with van der Waals surface area (Å²) in [5.41, 5.74) is 1.31. The molecule has 0 unspecified atom stereocenters. The molecule has 2 aromatic carbocycles. The Morgan fingerprint density at radius 2 is 2.11 bits per heavy atom. The molecule has 0 fully saturated rings. The van der Waals surface area contributed by atoms with E-state index in [0.717, 1.165) is 16.2 Å². The van der Waals surface area contributed by atoms with E-state index in [9.17, 15) is 14.0 Å². The predicted molar refractivity (Wildman–Crippen MR) is 114 cm³/mol. The van der Waals surface area contributed by atoms with Crippen molar-refractivity contribution in [3.63, 3.8) is 0 Å². The van der Waals surface area contributed by atoms with Gasteiger partial charge in [-0.2, -0.15) is 4.99 Å². The zero-order valence-corrected chi connectivity index (χ0v) is 18.5. The van der Waals surface area contributed by atoms with Gasteiger partial charge in [0.15, 0.2) is 5.17 Å². The van der Waals surface area contributed by atoms with Crippen molar-refractivity contribution in [3.8, 4) is 5.75 Å². The van der Waals surface area contributed by atoms with E-state index in [0.29, 0.717) is 26.3 Å². The van der Waals surface area contributed by atoms with Crippen LogP contribution >= 0.6 is 43.6 Å². The molecule has 28 heavy (non-hydrogen) atoms. The summed E-state index contributed by atoms with van der Waals surface area (Å²) >= 11 is 7.95. The van der Waals surface area contributed by atoms with Gasteiger partial charge in [0.05, 0.1) is 9.38 Å².